The fraction of sp³-hybridized carbons (Fsp3) is 0.619. The molecule has 0 saturated carbocycles. The average molecular weight is 370 g/mol. The number of hydrogen-bond acceptors (Lipinski definition) is 4. The molecule has 3 heterocycles. The molecule has 0 radical (unpaired) electrons. The van der Waals surface area contributed by atoms with Gasteiger partial charge in [0.1, 0.15) is 6.04 Å². The number of nitrogens with one attached hydrogen (secondary N) is 2. The Hall–Kier alpha value is -2.08. The zero-order chi connectivity index (χ0) is 19.0. The van der Waals surface area contributed by atoms with E-state index in [1.807, 2.05) is 18.2 Å². The van der Waals surface area contributed by atoms with Crippen LogP contribution in [0, 0.1) is 0 Å². The van der Waals surface area contributed by atoms with Crippen molar-refractivity contribution in [1.82, 2.24) is 10.2 Å². The van der Waals surface area contributed by atoms with Gasteiger partial charge in [-0.1, -0.05) is 6.42 Å². The van der Waals surface area contributed by atoms with Crippen molar-refractivity contribution in [3.8, 4) is 0 Å². The third kappa shape index (κ3) is 3.55. The van der Waals surface area contributed by atoms with Crippen LogP contribution in [0.1, 0.15) is 56.3 Å². The number of likely N-dealkylation sites (tertiary alicyclic amines) is 1. The fourth-order valence-corrected chi connectivity index (χ4v) is 4.58. The summed E-state index contributed by atoms with van der Waals surface area (Å²) in [4.78, 5) is 29.6. The quantitative estimate of drug-likeness (QED) is 0.855. The normalized spacial score (nSPS) is 22.8. The number of amides is 2. The highest BCUT2D eigenvalue weighted by Crippen LogP contribution is 2.37. The van der Waals surface area contributed by atoms with Crippen molar-refractivity contribution in [2.24, 2.45) is 0 Å². The number of nitrogens with zero attached hydrogens (tertiary/aromatic N) is 2. The van der Waals surface area contributed by atoms with Gasteiger partial charge in [-0.3, -0.25) is 14.5 Å². The van der Waals surface area contributed by atoms with Crippen LogP contribution in [-0.4, -0.2) is 54.5 Å². The van der Waals surface area contributed by atoms with E-state index in [1.165, 1.54) is 19.3 Å². The van der Waals surface area contributed by atoms with Crippen LogP contribution in [0.25, 0.3) is 0 Å². The second-order valence-corrected chi connectivity index (χ2v) is 8.62. The van der Waals surface area contributed by atoms with Crippen LogP contribution in [0.2, 0.25) is 0 Å². The molecule has 27 heavy (non-hydrogen) atoms. The van der Waals surface area contributed by atoms with Crippen molar-refractivity contribution in [2.75, 3.05) is 36.4 Å². The summed E-state index contributed by atoms with van der Waals surface area (Å²) in [6.45, 7) is 8.11. The van der Waals surface area contributed by atoms with Gasteiger partial charge in [0.15, 0.2) is 0 Å². The maximum Gasteiger partial charge on any atom is 0.251 e. The van der Waals surface area contributed by atoms with Crippen LogP contribution >= 0.6 is 0 Å². The van der Waals surface area contributed by atoms with Crippen LogP contribution in [0.3, 0.4) is 0 Å². The molecule has 0 unspecified atom stereocenters. The Morgan fingerprint density at radius 2 is 1.96 bits per heavy atom. The van der Waals surface area contributed by atoms with Crippen molar-refractivity contribution in [3.63, 3.8) is 0 Å². The molecule has 6 nitrogen and oxygen atoms in total. The van der Waals surface area contributed by atoms with Crippen molar-refractivity contribution in [1.29, 1.82) is 0 Å². The highest BCUT2D eigenvalue weighted by atomic mass is 16.2. The van der Waals surface area contributed by atoms with Gasteiger partial charge in [-0.15, -0.1) is 0 Å². The van der Waals surface area contributed by atoms with Crippen LogP contribution < -0.4 is 15.5 Å². The smallest absolute Gasteiger partial charge is 0.251 e. The Balaban J connectivity index is 1.44. The average Bonchev–Trinajstić information content (AvgIpc) is 3.17. The second kappa shape index (κ2) is 7.15. The summed E-state index contributed by atoms with van der Waals surface area (Å²) in [6.07, 6.45) is 5.71. The zero-order valence-corrected chi connectivity index (χ0v) is 16.4. The lowest BCUT2D eigenvalue weighted by molar-refractivity contribution is -0.117. The Labute approximate surface area is 161 Å². The first-order chi connectivity index (χ1) is 13.0. The summed E-state index contributed by atoms with van der Waals surface area (Å²) in [5, 5.41) is 6.08. The molecule has 0 spiro atoms. The van der Waals surface area contributed by atoms with Crippen LogP contribution in [-0.2, 0) is 4.79 Å². The highest BCUT2D eigenvalue weighted by molar-refractivity contribution is 6.06. The van der Waals surface area contributed by atoms with E-state index in [2.05, 4.69) is 34.3 Å². The van der Waals surface area contributed by atoms with E-state index in [1.54, 1.807) is 0 Å². The number of anilines is 2. The van der Waals surface area contributed by atoms with Crippen LogP contribution in [0.15, 0.2) is 18.2 Å². The van der Waals surface area contributed by atoms with E-state index in [0.717, 1.165) is 43.9 Å². The molecule has 2 amide bonds. The summed E-state index contributed by atoms with van der Waals surface area (Å²) >= 11 is 0. The highest BCUT2D eigenvalue weighted by Gasteiger charge is 2.36. The van der Waals surface area contributed by atoms with Gasteiger partial charge in [-0.25, -0.2) is 0 Å². The molecule has 4 rings (SSSR count). The van der Waals surface area contributed by atoms with E-state index >= 15 is 0 Å². The predicted octanol–water partition coefficient (Wildman–Crippen LogP) is 2.60. The zero-order valence-electron chi connectivity index (χ0n) is 16.4. The van der Waals surface area contributed by atoms with E-state index < -0.39 is 0 Å². The fourth-order valence-electron chi connectivity index (χ4n) is 4.58. The van der Waals surface area contributed by atoms with Gasteiger partial charge in [0.2, 0.25) is 5.91 Å². The topological polar surface area (TPSA) is 64.7 Å². The lowest BCUT2D eigenvalue weighted by Gasteiger charge is -2.41. The molecule has 6 heteroatoms. The molecular formula is C21H30N4O2. The van der Waals surface area contributed by atoms with Crippen LogP contribution in [0.4, 0.5) is 11.4 Å². The van der Waals surface area contributed by atoms with Gasteiger partial charge in [-0.05, 0) is 70.8 Å². The van der Waals surface area contributed by atoms with Crippen LogP contribution in [0.5, 0.6) is 0 Å². The largest absolute Gasteiger partial charge is 0.358 e. The Morgan fingerprint density at radius 1 is 1.19 bits per heavy atom. The van der Waals surface area contributed by atoms with Crippen molar-refractivity contribution in [3.05, 3.63) is 23.8 Å². The van der Waals surface area contributed by atoms with Gasteiger partial charge in [0.25, 0.3) is 5.91 Å². The summed E-state index contributed by atoms with van der Waals surface area (Å²) < 4.78 is 0. The second-order valence-electron chi connectivity index (χ2n) is 8.62. The molecule has 2 saturated heterocycles. The van der Waals surface area contributed by atoms with Gasteiger partial charge in [0, 0.05) is 24.2 Å². The number of piperidine rings is 1. The minimum atomic E-state index is -0.0827. The molecule has 146 valence electrons. The minimum Gasteiger partial charge on any atom is -0.358 e. The number of carbonyl (C=O) groups excluding carboxylic acids is 2. The first-order valence-corrected chi connectivity index (χ1v) is 10.2. The van der Waals surface area contributed by atoms with Gasteiger partial charge < -0.3 is 15.5 Å². The molecule has 1 aromatic carbocycles. The van der Waals surface area contributed by atoms with E-state index in [4.69, 9.17) is 0 Å². The number of benzene rings is 1. The first-order valence-electron chi connectivity index (χ1n) is 10.2. The molecule has 0 aromatic heterocycles. The number of fused-ring (bicyclic) bond motifs is 3. The monoisotopic (exact) mass is 370 g/mol. The summed E-state index contributed by atoms with van der Waals surface area (Å²) in [6, 6.07) is 5.60. The van der Waals surface area contributed by atoms with Crippen molar-refractivity contribution < 1.29 is 9.59 Å². The Kier molecular flexibility index (Phi) is 4.84. The Bertz CT molecular complexity index is 740. The third-order valence-corrected chi connectivity index (χ3v) is 6.28. The summed E-state index contributed by atoms with van der Waals surface area (Å²) in [7, 11) is 0. The first kappa shape index (κ1) is 18.3. The Morgan fingerprint density at radius 3 is 2.74 bits per heavy atom. The van der Waals surface area contributed by atoms with Gasteiger partial charge >= 0.3 is 0 Å². The standard InChI is InChI=1S/C21H30N4O2/c1-21(2,24-10-4-3-5-11-24)14-22-19(26)15-8-9-17-16(13-15)23-20(27)18-7-6-12-25(17)18/h8-9,13,18H,3-7,10-12,14H2,1-2H3,(H,22,26)(H,23,27)/t18-/m1/s1. The molecule has 3 aliphatic heterocycles. The molecule has 3 aliphatic rings. The molecule has 1 aromatic rings. The molecule has 1 atom stereocenters. The summed E-state index contributed by atoms with van der Waals surface area (Å²) in [5.74, 6) is -0.0375. The number of hydrogen-bond donors (Lipinski definition) is 2. The van der Waals surface area contributed by atoms with Crippen molar-refractivity contribution in [2.45, 2.75) is 57.5 Å². The van der Waals surface area contributed by atoms with E-state index in [-0.39, 0.29) is 23.4 Å². The SMILES string of the molecule is CC(C)(CNC(=O)c1ccc2c(c1)NC(=O)[C@H]1CCCN21)N1CCCCC1. The minimum absolute atomic E-state index is 0.0452. The maximum atomic E-state index is 12.7. The van der Waals surface area contributed by atoms with E-state index in [0.29, 0.717) is 12.1 Å². The molecule has 0 bridgehead atoms. The van der Waals surface area contributed by atoms with Gasteiger partial charge in [0.05, 0.1) is 11.4 Å². The predicted molar refractivity (Wildman–Crippen MR) is 107 cm³/mol. The number of carbonyl (C=O) groups is 2. The van der Waals surface area contributed by atoms with Crippen molar-refractivity contribution >= 4 is 23.2 Å². The lowest BCUT2D eigenvalue weighted by atomic mass is 9.98. The van der Waals surface area contributed by atoms with E-state index in [9.17, 15) is 9.59 Å². The molecule has 2 fully saturated rings. The maximum absolute atomic E-state index is 12.7. The summed E-state index contributed by atoms with van der Waals surface area (Å²) in [5.41, 5.74) is 2.32. The molecule has 0 aliphatic carbocycles. The third-order valence-electron chi connectivity index (χ3n) is 6.28. The molecular weight excluding hydrogens is 340 g/mol. The number of rotatable bonds is 4. The molecule has 2 N–H and O–H groups in total. The lowest BCUT2D eigenvalue weighted by Crippen LogP contribution is -2.53. The van der Waals surface area contributed by atoms with Gasteiger partial charge in [-0.2, -0.15) is 0 Å².